The maximum absolute atomic E-state index is 13.2. The molecule has 1 heterocycles. The molecule has 0 bridgehead atoms. The van der Waals surface area contributed by atoms with Crippen LogP contribution >= 0.6 is 0 Å². The fourth-order valence-corrected chi connectivity index (χ4v) is 4.00. The zero-order valence-corrected chi connectivity index (χ0v) is 19.0. The molecule has 3 atom stereocenters. The Bertz CT molecular complexity index is 975. The van der Waals surface area contributed by atoms with E-state index in [0.717, 1.165) is 11.1 Å². The van der Waals surface area contributed by atoms with E-state index in [1.54, 1.807) is 46.5 Å². The zero-order valence-electron chi connectivity index (χ0n) is 19.0. The van der Waals surface area contributed by atoms with E-state index in [1.807, 2.05) is 18.2 Å². The molecule has 8 nitrogen and oxygen atoms in total. The molecule has 2 aromatic carbocycles. The van der Waals surface area contributed by atoms with Crippen molar-refractivity contribution in [3.8, 4) is 23.0 Å². The van der Waals surface area contributed by atoms with Gasteiger partial charge in [-0.1, -0.05) is 12.1 Å². The number of nitrogens with one attached hydrogen (secondary N) is 1. The van der Waals surface area contributed by atoms with Crippen LogP contribution < -0.4 is 24.3 Å². The summed E-state index contributed by atoms with van der Waals surface area (Å²) < 4.78 is 26.7. The number of Topliss-reactive ketones (excluding diaryl/α,β-unsaturated/α-hetero) is 1. The maximum Gasteiger partial charge on any atom is 0.318 e. The van der Waals surface area contributed by atoms with Gasteiger partial charge in [-0.05, 0) is 42.3 Å². The fourth-order valence-electron chi connectivity index (χ4n) is 4.00. The van der Waals surface area contributed by atoms with Crippen molar-refractivity contribution in [2.45, 2.75) is 25.4 Å². The monoisotopic (exact) mass is 443 g/mol. The number of methoxy groups -OCH3 is 4. The van der Waals surface area contributed by atoms with Crippen molar-refractivity contribution in [3.63, 3.8) is 0 Å². The first-order chi connectivity index (χ1) is 15.5. The summed E-state index contributed by atoms with van der Waals surface area (Å²) in [6, 6.07) is 9.91. The van der Waals surface area contributed by atoms with E-state index in [9.17, 15) is 9.59 Å². The molecule has 1 aliphatic rings. The lowest BCUT2D eigenvalue weighted by Gasteiger charge is -2.36. The van der Waals surface area contributed by atoms with Gasteiger partial charge in [0.05, 0.1) is 41.1 Å². The Labute approximate surface area is 187 Å². The number of piperidine rings is 1. The summed E-state index contributed by atoms with van der Waals surface area (Å²) in [5, 5.41) is 3.47. The van der Waals surface area contributed by atoms with Crippen LogP contribution in [-0.4, -0.2) is 46.8 Å². The molecule has 172 valence electrons. The molecule has 32 heavy (non-hydrogen) atoms. The van der Waals surface area contributed by atoms with Crippen LogP contribution in [0.5, 0.6) is 23.0 Å². The van der Waals surface area contributed by atoms with Crippen LogP contribution in [0, 0.1) is 5.92 Å². The molecule has 0 saturated carbocycles. The largest absolute Gasteiger partial charge is 0.493 e. The second-order valence-corrected chi connectivity index (χ2v) is 7.33. The molecule has 2 aromatic rings. The molecule has 1 N–H and O–H groups in total. The van der Waals surface area contributed by atoms with E-state index in [1.165, 1.54) is 7.11 Å². The smallest absolute Gasteiger partial charge is 0.318 e. The van der Waals surface area contributed by atoms with E-state index in [0.29, 0.717) is 23.0 Å². The Hall–Kier alpha value is -3.26. The van der Waals surface area contributed by atoms with Gasteiger partial charge in [-0.2, -0.15) is 0 Å². The van der Waals surface area contributed by atoms with E-state index in [4.69, 9.17) is 23.7 Å². The van der Waals surface area contributed by atoms with Gasteiger partial charge in [-0.15, -0.1) is 0 Å². The van der Waals surface area contributed by atoms with E-state index in [-0.39, 0.29) is 24.9 Å². The molecular formula is C24H29NO7. The summed E-state index contributed by atoms with van der Waals surface area (Å²) in [5.41, 5.74) is 1.57. The van der Waals surface area contributed by atoms with E-state index < -0.39 is 17.9 Å². The molecule has 0 spiro atoms. The highest BCUT2D eigenvalue weighted by Crippen LogP contribution is 2.40. The topological polar surface area (TPSA) is 92.3 Å². The summed E-state index contributed by atoms with van der Waals surface area (Å²) in [6.07, 6.45) is 0.142. The van der Waals surface area contributed by atoms with Crippen LogP contribution in [0.25, 0.3) is 0 Å². The quantitative estimate of drug-likeness (QED) is 0.491. The standard InChI is InChI=1S/C24H29NO7/c1-6-32-24(27)22-17(26)13-16(14-7-9-18(28-2)20(11-14)30-4)25-23(22)15-8-10-19(29-3)21(12-15)31-5/h7-12,16,22-23,25H,6,13H2,1-5H3. The second-order valence-electron chi connectivity index (χ2n) is 7.33. The van der Waals surface area contributed by atoms with Gasteiger partial charge < -0.3 is 29.0 Å². The predicted octanol–water partition coefficient (Wildman–Crippen LogP) is 3.25. The third-order valence-corrected chi connectivity index (χ3v) is 5.58. The average Bonchev–Trinajstić information content (AvgIpc) is 2.82. The number of hydrogen-bond donors (Lipinski definition) is 1. The van der Waals surface area contributed by atoms with E-state index >= 15 is 0 Å². The van der Waals surface area contributed by atoms with E-state index in [2.05, 4.69) is 5.32 Å². The Morgan fingerprint density at radius 1 is 0.875 bits per heavy atom. The van der Waals surface area contributed by atoms with Gasteiger partial charge >= 0.3 is 5.97 Å². The van der Waals surface area contributed by atoms with Gasteiger partial charge in [-0.3, -0.25) is 9.59 Å². The molecular weight excluding hydrogens is 414 g/mol. The number of rotatable bonds is 8. The van der Waals surface area contributed by atoms with Crippen LogP contribution in [0.3, 0.4) is 0 Å². The molecule has 0 aliphatic carbocycles. The number of carbonyl (C=O) groups excluding carboxylic acids is 2. The number of carbonyl (C=O) groups is 2. The van der Waals surface area contributed by atoms with Crippen LogP contribution in [0.4, 0.5) is 0 Å². The highest BCUT2D eigenvalue weighted by molar-refractivity contribution is 6.01. The number of esters is 1. The lowest BCUT2D eigenvalue weighted by Crippen LogP contribution is -2.46. The van der Waals surface area contributed by atoms with Crippen molar-refractivity contribution in [2.75, 3.05) is 35.0 Å². The highest BCUT2D eigenvalue weighted by Gasteiger charge is 2.43. The van der Waals surface area contributed by atoms with Gasteiger partial charge in [-0.25, -0.2) is 0 Å². The second kappa shape index (κ2) is 10.4. The SMILES string of the molecule is CCOC(=O)C1C(=O)CC(c2ccc(OC)c(OC)c2)NC1c1ccc(OC)c(OC)c1. The molecule has 0 aromatic heterocycles. The first-order valence-electron chi connectivity index (χ1n) is 10.4. The predicted molar refractivity (Wildman–Crippen MR) is 117 cm³/mol. The molecule has 1 aliphatic heterocycles. The normalized spacial score (nSPS) is 20.4. The molecule has 3 unspecified atom stereocenters. The summed E-state index contributed by atoms with van der Waals surface area (Å²) in [6.45, 7) is 1.91. The molecule has 3 rings (SSSR count). The number of ketones is 1. The molecule has 0 radical (unpaired) electrons. The van der Waals surface area contributed by atoms with Gasteiger partial charge in [0.1, 0.15) is 5.92 Å². The minimum atomic E-state index is -0.968. The Balaban J connectivity index is 2.02. The zero-order chi connectivity index (χ0) is 23.3. The number of benzene rings is 2. The minimum absolute atomic E-state index is 0.142. The van der Waals surface area contributed by atoms with Gasteiger partial charge in [0, 0.05) is 12.5 Å². The lowest BCUT2D eigenvalue weighted by molar-refractivity contribution is -0.154. The van der Waals surface area contributed by atoms with Crippen molar-refractivity contribution in [1.29, 1.82) is 0 Å². The summed E-state index contributed by atoms with van der Waals surface area (Å²) in [5.74, 6) is 0.521. The van der Waals surface area contributed by atoms with Crippen molar-refractivity contribution in [3.05, 3.63) is 47.5 Å². The third kappa shape index (κ3) is 4.65. The van der Waals surface area contributed by atoms with Crippen LogP contribution in [-0.2, 0) is 14.3 Å². The minimum Gasteiger partial charge on any atom is -0.493 e. The van der Waals surface area contributed by atoms with Gasteiger partial charge in [0.15, 0.2) is 28.8 Å². The molecule has 8 heteroatoms. The molecule has 1 fully saturated rings. The first kappa shape index (κ1) is 23.4. The summed E-state index contributed by atoms with van der Waals surface area (Å²) in [4.78, 5) is 25.9. The summed E-state index contributed by atoms with van der Waals surface area (Å²) in [7, 11) is 6.21. The van der Waals surface area contributed by atoms with Crippen molar-refractivity contribution >= 4 is 11.8 Å². The van der Waals surface area contributed by atoms with Crippen molar-refractivity contribution < 1.29 is 33.3 Å². The highest BCUT2D eigenvalue weighted by atomic mass is 16.5. The van der Waals surface area contributed by atoms with Gasteiger partial charge in [0.25, 0.3) is 0 Å². The maximum atomic E-state index is 13.2. The van der Waals surface area contributed by atoms with Gasteiger partial charge in [0.2, 0.25) is 0 Å². The average molecular weight is 443 g/mol. The Kier molecular flexibility index (Phi) is 7.58. The van der Waals surface area contributed by atoms with Crippen LogP contribution in [0.15, 0.2) is 36.4 Å². The van der Waals surface area contributed by atoms with Crippen molar-refractivity contribution in [1.82, 2.24) is 5.32 Å². The number of hydrogen-bond acceptors (Lipinski definition) is 8. The first-order valence-corrected chi connectivity index (χ1v) is 10.4. The summed E-state index contributed by atoms with van der Waals surface area (Å²) >= 11 is 0. The molecule has 1 saturated heterocycles. The van der Waals surface area contributed by atoms with Crippen LogP contribution in [0.1, 0.15) is 36.6 Å². The number of ether oxygens (including phenoxy) is 5. The van der Waals surface area contributed by atoms with Crippen LogP contribution in [0.2, 0.25) is 0 Å². The Morgan fingerprint density at radius 2 is 1.41 bits per heavy atom. The van der Waals surface area contributed by atoms with Crippen molar-refractivity contribution in [2.24, 2.45) is 5.92 Å². The third-order valence-electron chi connectivity index (χ3n) is 5.58. The Morgan fingerprint density at radius 3 is 1.94 bits per heavy atom. The molecule has 0 amide bonds. The lowest BCUT2D eigenvalue weighted by atomic mass is 9.80. The fraction of sp³-hybridized carbons (Fsp3) is 0.417.